The minimum Gasteiger partial charge on any atom is -0.493 e. The zero-order valence-electron chi connectivity index (χ0n) is 20.9. The predicted octanol–water partition coefficient (Wildman–Crippen LogP) is 5.48. The molecule has 3 aromatic carbocycles. The topological polar surface area (TPSA) is 89.7 Å². The number of aromatic nitrogens is 2. The molecule has 0 bridgehead atoms. The lowest BCUT2D eigenvalue weighted by molar-refractivity contribution is -0.114. The minimum atomic E-state index is -0.102. The average molecular weight is 487 g/mol. The van der Waals surface area contributed by atoms with Gasteiger partial charge in [-0.15, -0.1) is 0 Å². The molecule has 186 valence electrons. The first-order valence-corrected chi connectivity index (χ1v) is 11.7. The van der Waals surface area contributed by atoms with Crippen molar-refractivity contribution in [3.8, 4) is 22.9 Å². The zero-order chi connectivity index (χ0) is 25.5. The number of carbonyl (C=O) groups excluding carboxylic acids is 1. The van der Waals surface area contributed by atoms with E-state index in [1.54, 1.807) is 14.2 Å². The third kappa shape index (κ3) is 6.09. The average Bonchev–Trinajstić information content (AvgIpc) is 3.36. The zero-order valence-corrected chi connectivity index (χ0v) is 20.9. The Labute approximate surface area is 210 Å². The molecule has 1 atom stereocenters. The first-order valence-electron chi connectivity index (χ1n) is 11.7. The number of rotatable bonds is 10. The normalized spacial score (nSPS) is 11.8. The van der Waals surface area contributed by atoms with Gasteiger partial charge in [-0.3, -0.25) is 9.69 Å². The van der Waals surface area contributed by atoms with Crippen LogP contribution in [0.15, 0.2) is 77.3 Å². The molecule has 1 heterocycles. The second kappa shape index (κ2) is 11.5. The summed E-state index contributed by atoms with van der Waals surface area (Å²) in [5.41, 5.74) is 3.77. The SMILES string of the molecule is COc1ccc(-c2noc(CN(Cc3ccccc3)[C@H](C)c3cccc(NC(C)=O)c3)n2)cc1OC. The van der Waals surface area contributed by atoms with Crippen molar-refractivity contribution >= 4 is 11.6 Å². The summed E-state index contributed by atoms with van der Waals surface area (Å²) in [6.07, 6.45) is 0. The van der Waals surface area contributed by atoms with Crippen LogP contribution in [0.2, 0.25) is 0 Å². The number of amides is 1. The number of anilines is 1. The Hall–Kier alpha value is -4.17. The second-order valence-electron chi connectivity index (χ2n) is 8.45. The van der Waals surface area contributed by atoms with Crippen molar-refractivity contribution in [3.63, 3.8) is 0 Å². The largest absolute Gasteiger partial charge is 0.493 e. The van der Waals surface area contributed by atoms with E-state index >= 15 is 0 Å². The van der Waals surface area contributed by atoms with Gasteiger partial charge >= 0.3 is 0 Å². The van der Waals surface area contributed by atoms with Crippen LogP contribution in [-0.2, 0) is 17.9 Å². The standard InChI is InChI=1S/C28H30N4O4/c1-19(22-11-8-12-24(15-22)29-20(2)33)32(17-21-9-6-5-7-10-21)18-27-30-28(31-36-27)23-13-14-25(34-3)26(16-23)35-4/h5-16,19H,17-18H2,1-4H3,(H,29,33)/t19-/m1/s1. The molecule has 4 rings (SSSR count). The molecule has 0 aliphatic rings. The minimum absolute atomic E-state index is 0.00958. The fourth-order valence-corrected chi connectivity index (χ4v) is 4.02. The molecule has 0 fully saturated rings. The Morgan fingerprint density at radius 3 is 2.47 bits per heavy atom. The summed E-state index contributed by atoms with van der Waals surface area (Å²) < 4.78 is 16.4. The number of nitrogens with zero attached hydrogens (tertiary/aromatic N) is 3. The van der Waals surface area contributed by atoms with Gasteiger partial charge < -0.3 is 19.3 Å². The maximum atomic E-state index is 11.5. The van der Waals surface area contributed by atoms with Crippen LogP contribution in [0.5, 0.6) is 11.5 Å². The van der Waals surface area contributed by atoms with Crippen LogP contribution in [0.3, 0.4) is 0 Å². The van der Waals surface area contributed by atoms with Crippen LogP contribution in [0.1, 0.15) is 36.9 Å². The molecule has 0 aliphatic carbocycles. The van der Waals surface area contributed by atoms with E-state index in [2.05, 4.69) is 45.5 Å². The highest BCUT2D eigenvalue weighted by molar-refractivity contribution is 5.88. The third-order valence-electron chi connectivity index (χ3n) is 5.91. The monoisotopic (exact) mass is 486 g/mol. The molecule has 8 nitrogen and oxygen atoms in total. The highest BCUT2D eigenvalue weighted by atomic mass is 16.5. The summed E-state index contributed by atoms with van der Waals surface area (Å²) in [4.78, 5) is 18.5. The first kappa shape index (κ1) is 24.9. The van der Waals surface area contributed by atoms with Crippen LogP contribution in [0.4, 0.5) is 5.69 Å². The molecule has 0 aliphatic heterocycles. The molecular weight excluding hydrogens is 456 g/mol. The molecule has 36 heavy (non-hydrogen) atoms. The Bertz CT molecular complexity index is 1310. The number of methoxy groups -OCH3 is 2. The van der Waals surface area contributed by atoms with Gasteiger partial charge in [0.2, 0.25) is 17.6 Å². The molecule has 4 aromatic rings. The van der Waals surface area contributed by atoms with E-state index in [0.29, 0.717) is 36.3 Å². The van der Waals surface area contributed by atoms with Gasteiger partial charge in [0.1, 0.15) is 0 Å². The molecule has 0 saturated heterocycles. The van der Waals surface area contributed by atoms with Gasteiger partial charge in [-0.2, -0.15) is 4.98 Å². The molecule has 8 heteroatoms. The van der Waals surface area contributed by atoms with Crippen LogP contribution in [-0.4, -0.2) is 35.2 Å². The summed E-state index contributed by atoms with van der Waals surface area (Å²) in [5, 5.41) is 7.06. The van der Waals surface area contributed by atoms with Gasteiger partial charge in [0.05, 0.1) is 20.8 Å². The van der Waals surface area contributed by atoms with E-state index in [-0.39, 0.29) is 11.9 Å². The van der Waals surface area contributed by atoms with E-state index in [1.807, 2.05) is 54.6 Å². The van der Waals surface area contributed by atoms with Gasteiger partial charge in [-0.1, -0.05) is 47.6 Å². The van der Waals surface area contributed by atoms with Crippen molar-refractivity contribution in [2.45, 2.75) is 33.0 Å². The number of nitrogens with one attached hydrogen (secondary N) is 1. The van der Waals surface area contributed by atoms with Crippen molar-refractivity contribution in [3.05, 3.63) is 89.8 Å². The van der Waals surface area contributed by atoms with E-state index in [0.717, 1.165) is 16.8 Å². The maximum Gasteiger partial charge on any atom is 0.241 e. The third-order valence-corrected chi connectivity index (χ3v) is 5.91. The fourth-order valence-electron chi connectivity index (χ4n) is 4.02. The number of ether oxygens (including phenoxy) is 2. The molecule has 1 N–H and O–H groups in total. The number of hydrogen-bond acceptors (Lipinski definition) is 7. The van der Waals surface area contributed by atoms with E-state index in [1.165, 1.54) is 12.5 Å². The molecule has 1 aromatic heterocycles. The number of benzene rings is 3. The van der Waals surface area contributed by atoms with Gasteiger partial charge in [-0.25, -0.2) is 0 Å². The Morgan fingerprint density at radius 1 is 0.972 bits per heavy atom. The Morgan fingerprint density at radius 2 is 1.75 bits per heavy atom. The van der Waals surface area contributed by atoms with Gasteiger partial charge in [0.25, 0.3) is 0 Å². The summed E-state index contributed by atoms with van der Waals surface area (Å²) >= 11 is 0. The van der Waals surface area contributed by atoms with Gasteiger partial charge in [0.15, 0.2) is 11.5 Å². The fraction of sp³-hybridized carbons (Fsp3) is 0.250. The molecule has 0 spiro atoms. The second-order valence-corrected chi connectivity index (χ2v) is 8.45. The molecule has 0 saturated carbocycles. The molecule has 1 amide bonds. The van der Waals surface area contributed by atoms with E-state index < -0.39 is 0 Å². The summed E-state index contributed by atoms with van der Waals surface area (Å²) in [7, 11) is 3.19. The lowest BCUT2D eigenvalue weighted by Crippen LogP contribution is -2.26. The molecular formula is C28H30N4O4. The highest BCUT2D eigenvalue weighted by Gasteiger charge is 2.21. The quantitative estimate of drug-likeness (QED) is 0.318. The first-order chi connectivity index (χ1) is 17.5. The summed E-state index contributed by atoms with van der Waals surface area (Å²) in [5.74, 6) is 2.11. The van der Waals surface area contributed by atoms with Crippen molar-refractivity contribution in [2.24, 2.45) is 0 Å². The van der Waals surface area contributed by atoms with E-state index in [9.17, 15) is 4.79 Å². The lowest BCUT2D eigenvalue weighted by atomic mass is 10.0. The van der Waals surface area contributed by atoms with Crippen LogP contribution in [0, 0.1) is 0 Å². The molecule has 0 unspecified atom stereocenters. The van der Waals surface area contributed by atoms with Crippen molar-refractivity contribution < 1.29 is 18.8 Å². The maximum absolute atomic E-state index is 11.5. The van der Waals surface area contributed by atoms with Gasteiger partial charge in [0, 0.05) is 30.8 Å². The number of carbonyl (C=O) groups is 1. The summed E-state index contributed by atoms with van der Waals surface area (Å²) in [6.45, 7) is 4.76. The van der Waals surface area contributed by atoms with E-state index in [4.69, 9.17) is 14.0 Å². The van der Waals surface area contributed by atoms with Gasteiger partial charge in [-0.05, 0) is 48.4 Å². The van der Waals surface area contributed by atoms with Crippen LogP contribution < -0.4 is 14.8 Å². The predicted molar refractivity (Wildman–Crippen MR) is 138 cm³/mol. The Kier molecular flexibility index (Phi) is 7.97. The van der Waals surface area contributed by atoms with Crippen LogP contribution >= 0.6 is 0 Å². The smallest absolute Gasteiger partial charge is 0.241 e. The lowest BCUT2D eigenvalue weighted by Gasteiger charge is -2.28. The van der Waals surface area contributed by atoms with Crippen molar-refractivity contribution in [1.29, 1.82) is 0 Å². The van der Waals surface area contributed by atoms with Crippen molar-refractivity contribution in [1.82, 2.24) is 15.0 Å². The van der Waals surface area contributed by atoms with Crippen molar-refractivity contribution in [2.75, 3.05) is 19.5 Å². The number of hydrogen-bond donors (Lipinski definition) is 1. The molecule has 0 radical (unpaired) electrons. The summed E-state index contributed by atoms with van der Waals surface area (Å²) in [6, 6.07) is 23.6. The highest BCUT2D eigenvalue weighted by Crippen LogP contribution is 2.32. The Balaban J connectivity index is 1.60. The van der Waals surface area contributed by atoms with Crippen LogP contribution in [0.25, 0.3) is 11.4 Å².